The summed E-state index contributed by atoms with van der Waals surface area (Å²) in [6, 6.07) is 15.1. The van der Waals surface area contributed by atoms with Crippen LogP contribution >= 0.6 is 0 Å². The number of carboxylic acids is 1. The molecule has 27 heavy (non-hydrogen) atoms. The number of hydrogen-bond acceptors (Lipinski definition) is 3. The van der Waals surface area contributed by atoms with Gasteiger partial charge in [-0.2, -0.15) is 0 Å². The Morgan fingerprint density at radius 1 is 1.15 bits per heavy atom. The van der Waals surface area contributed by atoms with Crippen molar-refractivity contribution in [3.05, 3.63) is 81.8 Å². The van der Waals surface area contributed by atoms with Gasteiger partial charge in [0.2, 0.25) is 0 Å². The largest absolute Gasteiger partial charge is 1.00 e. The summed E-state index contributed by atoms with van der Waals surface area (Å²) < 4.78 is 1.29. The summed E-state index contributed by atoms with van der Waals surface area (Å²) in [5.74, 6) is -0.823. The van der Waals surface area contributed by atoms with Crippen LogP contribution in [0.4, 0.5) is 0 Å². The van der Waals surface area contributed by atoms with Crippen LogP contribution in [0.3, 0.4) is 0 Å². The van der Waals surface area contributed by atoms with Gasteiger partial charge in [-0.25, -0.2) is 0 Å². The first-order chi connectivity index (χ1) is 12.5. The summed E-state index contributed by atoms with van der Waals surface area (Å²) in [5, 5.41) is 13.6. The quantitative estimate of drug-likeness (QED) is 0.596. The summed E-state index contributed by atoms with van der Waals surface area (Å²) in [6.45, 7) is 1.48. The summed E-state index contributed by atoms with van der Waals surface area (Å²) in [7, 11) is 0. The Kier molecular flexibility index (Phi) is 5.60. The van der Waals surface area contributed by atoms with E-state index in [9.17, 15) is 14.7 Å². The number of aliphatic carboxylic acids is 1. The van der Waals surface area contributed by atoms with Gasteiger partial charge in [0, 0.05) is 12.3 Å². The number of aromatic nitrogens is 1. The Balaban J connectivity index is 0.00000210. The van der Waals surface area contributed by atoms with Crippen molar-refractivity contribution >= 4 is 16.7 Å². The van der Waals surface area contributed by atoms with E-state index in [1.54, 1.807) is 12.3 Å². The molecule has 3 aromatic rings. The standard InChI is InChI=1S/C22H21NO3.Li/c1-14(22(25)26)23-13-20(16-9-10-16)18(12-21(23)24)11-17-7-4-6-15-5-2-3-8-19(15)17;/h2-8,12-14,16H,9-11H2,1H3,(H,25,26);/q;+1/p-1/t14-;/m0./s1. The molecule has 1 saturated carbocycles. The van der Waals surface area contributed by atoms with E-state index in [0.717, 1.165) is 24.0 Å². The summed E-state index contributed by atoms with van der Waals surface area (Å²) >= 11 is 0. The molecule has 1 aliphatic rings. The van der Waals surface area contributed by atoms with Gasteiger partial charge < -0.3 is 14.5 Å². The Labute approximate surface area is 170 Å². The Morgan fingerprint density at radius 2 is 1.85 bits per heavy atom. The minimum Gasteiger partial charge on any atom is -0.548 e. The van der Waals surface area contributed by atoms with Crippen LogP contribution in [0.25, 0.3) is 10.8 Å². The smallest absolute Gasteiger partial charge is 0.548 e. The van der Waals surface area contributed by atoms with Crippen LogP contribution in [0.5, 0.6) is 0 Å². The van der Waals surface area contributed by atoms with Gasteiger partial charge in [-0.05, 0) is 59.6 Å². The monoisotopic (exact) mass is 353 g/mol. The fourth-order valence-corrected chi connectivity index (χ4v) is 3.59. The first-order valence-corrected chi connectivity index (χ1v) is 8.97. The molecule has 0 bridgehead atoms. The topological polar surface area (TPSA) is 62.1 Å². The van der Waals surface area contributed by atoms with Crippen molar-refractivity contribution in [2.75, 3.05) is 0 Å². The van der Waals surface area contributed by atoms with Gasteiger partial charge in [-0.15, -0.1) is 0 Å². The molecule has 4 rings (SSSR count). The molecule has 0 spiro atoms. The molecule has 4 nitrogen and oxygen atoms in total. The van der Waals surface area contributed by atoms with Gasteiger partial charge in [0.25, 0.3) is 5.56 Å². The van der Waals surface area contributed by atoms with Crippen LogP contribution in [0, 0.1) is 0 Å². The Hall–Kier alpha value is -2.28. The number of carboxylic acid groups (broad SMARTS) is 1. The molecule has 1 aliphatic carbocycles. The number of fused-ring (bicyclic) bond motifs is 1. The molecule has 1 atom stereocenters. The molecule has 0 radical (unpaired) electrons. The minimum absolute atomic E-state index is 0. The number of benzene rings is 2. The van der Waals surface area contributed by atoms with E-state index in [4.69, 9.17) is 0 Å². The summed E-state index contributed by atoms with van der Waals surface area (Å²) in [6.07, 6.45) is 4.57. The summed E-state index contributed by atoms with van der Waals surface area (Å²) in [4.78, 5) is 23.7. The predicted molar refractivity (Wildman–Crippen MR) is 99.1 cm³/mol. The van der Waals surface area contributed by atoms with Gasteiger partial charge >= 0.3 is 18.9 Å². The average Bonchev–Trinajstić information content (AvgIpc) is 3.46. The first-order valence-electron chi connectivity index (χ1n) is 8.97. The van der Waals surface area contributed by atoms with Gasteiger partial charge in [-0.3, -0.25) is 4.79 Å². The van der Waals surface area contributed by atoms with Gasteiger partial charge in [-0.1, -0.05) is 42.5 Å². The molecular weight excluding hydrogens is 333 g/mol. The fraction of sp³-hybridized carbons (Fsp3) is 0.273. The zero-order valence-corrected chi connectivity index (χ0v) is 15.6. The van der Waals surface area contributed by atoms with E-state index in [1.807, 2.05) is 18.2 Å². The predicted octanol–water partition coefficient (Wildman–Crippen LogP) is -0.215. The van der Waals surface area contributed by atoms with Gasteiger partial charge in [0.05, 0.1) is 12.0 Å². The van der Waals surface area contributed by atoms with Crippen molar-refractivity contribution in [3.8, 4) is 0 Å². The van der Waals surface area contributed by atoms with Gasteiger partial charge in [0.15, 0.2) is 0 Å². The maximum absolute atomic E-state index is 12.5. The summed E-state index contributed by atoms with van der Waals surface area (Å²) in [5.41, 5.74) is 2.97. The van der Waals surface area contributed by atoms with Crippen LogP contribution < -0.4 is 29.5 Å². The molecule has 1 heterocycles. The molecule has 0 saturated heterocycles. The molecule has 132 valence electrons. The maximum atomic E-state index is 12.5. The number of hydrogen-bond donors (Lipinski definition) is 0. The second-order valence-corrected chi connectivity index (χ2v) is 7.08. The minimum atomic E-state index is -1.24. The number of carbonyl (C=O) groups excluding carboxylic acids is 1. The van der Waals surface area contributed by atoms with Crippen LogP contribution in [-0.2, 0) is 11.2 Å². The van der Waals surface area contributed by atoms with Crippen molar-refractivity contribution in [1.82, 2.24) is 4.57 Å². The fourth-order valence-electron chi connectivity index (χ4n) is 3.59. The van der Waals surface area contributed by atoms with Crippen LogP contribution in [-0.4, -0.2) is 10.5 Å². The van der Waals surface area contributed by atoms with Crippen LogP contribution in [0.15, 0.2) is 59.5 Å². The van der Waals surface area contributed by atoms with Crippen molar-refractivity contribution in [1.29, 1.82) is 0 Å². The molecule has 0 aliphatic heterocycles. The molecule has 2 aromatic carbocycles. The van der Waals surface area contributed by atoms with E-state index in [1.165, 1.54) is 27.8 Å². The van der Waals surface area contributed by atoms with E-state index in [0.29, 0.717) is 12.3 Å². The van der Waals surface area contributed by atoms with Crippen molar-refractivity contribution in [2.24, 2.45) is 0 Å². The normalized spacial score (nSPS) is 14.6. The average molecular weight is 353 g/mol. The van der Waals surface area contributed by atoms with E-state index in [2.05, 4.69) is 24.3 Å². The van der Waals surface area contributed by atoms with Crippen molar-refractivity contribution in [3.63, 3.8) is 0 Å². The van der Waals surface area contributed by atoms with Crippen LogP contribution in [0.2, 0.25) is 0 Å². The number of pyridine rings is 1. The number of carbonyl (C=O) groups is 1. The molecule has 1 aromatic heterocycles. The van der Waals surface area contributed by atoms with Crippen molar-refractivity contribution in [2.45, 2.75) is 38.1 Å². The molecule has 0 amide bonds. The molecule has 1 fully saturated rings. The Morgan fingerprint density at radius 3 is 2.56 bits per heavy atom. The van der Waals surface area contributed by atoms with Crippen LogP contribution in [0.1, 0.15) is 48.4 Å². The van der Waals surface area contributed by atoms with Crippen molar-refractivity contribution < 1.29 is 28.8 Å². The second-order valence-electron chi connectivity index (χ2n) is 7.08. The third-order valence-electron chi connectivity index (χ3n) is 5.24. The first kappa shape index (κ1) is 19.5. The molecule has 0 N–H and O–H groups in total. The zero-order chi connectivity index (χ0) is 18.3. The molecular formula is C22H20LiNO3. The molecule has 5 heteroatoms. The van der Waals surface area contributed by atoms with Gasteiger partial charge in [0.1, 0.15) is 0 Å². The zero-order valence-electron chi connectivity index (χ0n) is 15.6. The van der Waals surface area contributed by atoms with E-state index in [-0.39, 0.29) is 24.4 Å². The second kappa shape index (κ2) is 7.76. The number of nitrogens with zero attached hydrogens (tertiary/aromatic N) is 1. The third-order valence-corrected chi connectivity index (χ3v) is 5.24. The third kappa shape index (κ3) is 3.88. The number of rotatable bonds is 5. The molecule has 0 unspecified atom stereocenters. The SMILES string of the molecule is C[C@@H](C(=O)[O-])n1cc(C2CC2)c(Cc2cccc3ccccc23)cc1=O.[Li+]. The maximum Gasteiger partial charge on any atom is 1.00 e. The van der Waals surface area contributed by atoms with E-state index < -0.39 is 12.0 Å². The Bertz CT molecular complexity index is 1050. The van der Waals surface area contributed by atoms with E-state index >= 15 is 0 Å².